The zero-order valence-corrected chi connectivity index (χ0v) is 9.52. The van der Waals surface area contributed by atoms with Crippen molar-refractivity contribution in [2.75, 3.05) is 5.75 Å². The average Bonchev–Trinajstić information content (AvgIpc) is 2.69. The molecule has 0 aromatic carbocycles. The lowest BCUT2D eigenvalue weighted by Crippen LogP contribution is -2.42. The molecule has 1 N–H and O–H groups in total. The van der Waals surface area contributed by atoms with Crippen molar-refractivity contribution in [2.24, 2.45) is 0 Å². The minimum atomic E-state index is -0.325. The summed E-state index contributed by atoms with van der Waals surface area (Å²) in [6.45, 7) is 3.57. The third-order valence-electron chi connectivity index (χ3n) is 2.41. The minimum Gasteiger partial charge on any atom is -0.346 e. The Morgan fingerprint density at radius 1 is 1.57 bits per heavy atom. The van der Waals surface area contributed by atoms with E-state index >= 15 is 0 Å². The molecule has 1 rings (SSSR count). The maximum atomic E-state index is 11.6. The van der Waals surface area contributed by atoms with Crippen LogP contribution in [0.15, 0.2) is 0 Å². The molecule has 1 saturated heterocycles. The molecule has 1 amide bonds. The first-order valence-corrected chi connectivity index (χ1v) is 6.14. The van der Waals surface area contributed by atoms with Gasteiger partial charge in [-0.05, 0) is 25.5 Å². The van der Waals surface area contributed by atoms with Crippen molar-refractivity contribution in [1.29, 1.82) is 0 Å². The van der Waals surface area contributed by atoms with E-state index < -0.39 is 0 Å². The van der Waals surface area contributed by atoms with Gasteiger partial charge in [-0.15, -0.1) is 11.8 Å². The van der Waals surface area contributed by atoms with Crippen molar-refractivity contribution in [3.63, 3.8) is 0 Å². The maximum absolute atomic E-state index is 11.6. The van der Waals surface area contributed by atoms with Crippen LogP contribution < -0.4 is 5.32 Å². The molecule has 0 aromatic heterocycles. The van der Waals surface area contributed by atoms with Gasteiger partial charge in [0.05, 0.1) is 11.3 Å². The zero-order valence-electron chi connectivity index (χ0n) is 8.71. The number of hydrogen-bond donors (Lipinski definition) is 1. The molecule has 1 fully saturated rings. The molecule has 80 valence electrons. The first-order valence-electron chi connectivity index (χ1n) is 5.09. The molecule has 1 heterocycles. The number of amides is 1. The molecular weight excluding hydrogens is 198 g/mol. The molecule has 0 aliphatic carbocycles. The fraction of sp³-hybridized carbons (Fsp3) is 0.800. The van der Waals surface area contributed by atoms with Crippen molar-refractivity contribution in [3.05, 3.63) is 0 Å². The second-order valence-electron chi connectivity index (χ2n) is 3.55. The molecule has 14 heavy (non-hydrogen) atoms. The monoisotopic (exact) mass is 215 g/mol. The van der Waals surface area contributed by atoms with Gasteiger partial charge in [-0.25, -0.2) is 0 Å². The van der Waals surface area contributed by atoms with Gasteiger partial charge in [0.25, 0.3) is 0 Å². The fourth-order valence-corrected chi connectivity index (χ4v) is 2.65. The Morgan fingerprint density at radius 2 is 2.29 bits per heavy atom. The predicted molar refractivity (Wildman–Crippen MR) is 58.4 cm³/mol. The highest BCUT2D eigenvalue weighted by Crippen LogP contribution is 2.26. The molecule has 0 radical (unpaired) electrons. The van der Waals surface area contributed by atoms with E-state index in [2.05, 4.69) is 5.32 Å². The average molecular weight is 215 g/mol. The van der Waals surface area contributed by atoms with E-state index in [9.17, 15) is 9.59 Å². The number of nitrogens with one attached hydrogen (secondary N) is 1. The van der Waals surface area contributed by atoms with E-state index in [1.54, 1.807) is 18.7 Å². The number of thioether (sulfide) groups is 1. The van der Waals surface area contributed by atoms with Crippen LogP contribution in [0.2, 0.25) is 0 Å². The Hall–Kier alpha value is -0.510. The smallest absolute Gasteiger partial charge is 0.233 e. The minimum absolute atomic E-state index is 0.0294. The second-order valence-corrected chi connectivity index (χ2v) is 4.86. The Morgan fingerprint density at radius 3 is 2.79 bits per heavy atom. The van der Waals surface area contributed by atoms with Crippen molar-refractivity contribution < 1.29 is 9.59 Å². The van der Waals surface area contributed by atoms with Crippen LogP contribution in [0.25, 0.3) is 0 Å². The lowest BCUT2D eigenvalue weighted by molar-refractivity contribution is -0.127. The van der Waals surface area contributed by atoms with Crippen molar-refractivity contribution in [2.45, 2.75) is 44.4 Å². The molecule has 0 aromatic rings. The Labute approximate surface area is 89.0 Å². The van der Waals surface area contributed by atoms with Crippen LogP contribution in [-0.2, 0) is 9.59 Å². The van der Waals surface area contributed by atoms with E-state index in [1.165, 1.54) is 0 Å². The van der Waals surface area contributed by atoms with E-state index in [0.717, 1.165) is 18.6 Å². The van der Waals surface area contributed by atoms with Crippen molar-refractivity contribution in [3.8, 4) is 0 Å². The highest BCUT2D eigenvalue weighted by Gasteiger charge is 2.25. The topological polar surface area (TPSA) is 46.2 Å². The van der Waals surface area contributed by atoms with Crippen LogP contribution >= 0.6 is 11.8 Å². The Kier molecular flexibility index (Phi) is 4.45. The summed E-state index contributed by atoms with van der Waals surface area (Å²) in [6.07, 6.45) is 2.54. The summed E-state index contributed by atoms with van der Waals surface area (Å²) in [5.74, 6) is 1.19. The van der Waals surface area contributed by atoms with E-state index in [4.69, 9.17) is 0 Å². The third kappa shape index (κ3) is 3.01. The molecular formula is C10H17NO2S. The Bertz CT molecular complexity index is 224. The van der Waals surface area contributed by atoms with E-state index in [-0.39, 0.29) is 23.0 Å². The molecule has 0 saturated carbocycles. The van der Waals surface area contributed by atoms with Crippen molar-refractivity contribution in [1.82, 2.24) is 5.32 Å². The molecule has 2 unspecified atom stereocenters. The van der Waals surface area contributed by atoms with Crippen molar-refractivity contribution >= 4 is 23.5 Å². The summed E-state index contributed by atoms with van der Waals surface area (Å²) in [6, 6.07) is -0.325. The van der Waals surface area contributed by atoms with Crippen LogP contribution in [0.4, 0.5) is 0 Å². The number of Topliss-reactive ketones (excluding diaryl/α,β-unsaturated/α-hetero) is 1. The highest BCUT2D eigenvalue weighted by molar-refractivity contribution is 8.00. The normalized spacial score (nSPS) is 23.1. The van der Waals surface area contributed by atoms with Crippen LogP contribution in [-0.4, -0.2) is 28.7 Å². The summed E-state index contributed by atoms with van der Waals surface area (Å²) in [7, 11) is 0. The number of carbonyl (C=O) groups excluding carboxylic acids is 2. The standard InChI is InChI=1S/C10H17NO2S/c1-3-8(12)7(2)11-10(13)9-5-4-6-14-9/h7,9H,3-6H2,1-2H3,(H,11,13). The lowest BCUT2D eigenvalue weighted by Gasteiger charge is -2.14. The van der Waals surface area contributed by atoms with Crippen LogP contribution in [0.1, 0.15) is 33.1 Å². The van der Waals surface area contributed by atoms with Gasteiger partial charge in [0.1, 0.15) is 0 Å². The zero-order chi connectivity index (χ0) is 10.6. The Balaban J connectivity index is 2.35. The van der Waals surface area contributed by atoms with Gasteiger partial charge in [0, 0.05) is 6.42 Å². The summed E-state index contributed by atoms with van der Waals surface area (Å²) in [5, 5.41) is 2.83. The number of carbonyl (C=O) groups is 2. The number of hydrogen-bond acceptors (Lipinski definition) is 3. The maximum Gasteiger partial charge on any atom is 0.233 e. The number of ketones is 1. The highest BCUT2D eigenvalue weighted by atomic mass is 32.2. The second kappa shape index (κ2) is 5.39. The molecule has 1 aliphatic rings. The quantitative estimate of drug-likeness (QED) is 0.770. The molecule has 1 aliphatic heterocycles. The molecule has 0 spiro atoms. The lowest BCUT2D eigenvalue weighted by atomic mass is 10.1. The van der Waals surface area contributed by atoms with Gasteiger partial charge in [-0.1, -0.05) is 6.92 Å². The van der Waals surface area contributed by atoms with Crippen LogP contribution in [0, 0.1) is 0 Å². The van der Waals surface area contributed by atoms with Gasteiger partial charge >= 0.3 is 0 Å². The SMILES string of the molecule is CCC(=O)C(C)NC(=O)C1CCCS1. The molecule has 3 nitrogen and oxygen atoms in total. The molecule has 2 atom stereocenters. The predicted octanol–water partition coefficient (Wildman–Crippen LogP) is 1.37. The molecule has 4 heteroatoms. The summed E-state index contributed by atoms with van der Waals surface area (Å²) in [4.78, 5) is 22.8. The first-order chi connectivity index (χ1) is 6.65. The fourth-order valence-electron chi connectivity index (χ4n) is 1.48. The third-order valence-corrected chi connectivity index (χ3v) is 3.79. The number of rotatable bonds is 4. The van der Waals surface area contributed by atoms with Gasteiger partial charge < -0.3 is 5.32 Å². The van der Waals surface area contributed by atoms with E-state index in [0.29, 0.717) is 6.42 Å². The van der Waals surface area contributed by atoms with Crippen LogP contribution in [0.3, 0.4) is 0 Å². The molecule has 0 bridgehead atoms. The van der Waals surface area contributed by atoms with Gasteiger partial charge in [-0.2, -0.15) is 0 Å². The first kappa shape index (κ1) is 11.6. The largest absolute Gasteiger partial charge is 0.346 e. The van der Waals surface area contributed by atoms with Gasteiger partial charge in [0.2, 0.25) is 5.91 Å². The van der Waals surface area contributed by atoms with Crippen LogP contribution in [0.5, 0.6) is 0 Å². The van der Waals surface area contributed by atoms with Gasteiger partial charge in [0.15, 0.2) is 5.78 Å². The summed E-state index contributed by atoms with van der Waals surface area (Å²) >= 11 is 1.69. The summed E-state index contributed by atoms with van der Waals surface area (Å²) < 4.78 is 0. The van der Waals surface area contributed by atoms with Gasteiger partial charge in [-0.3, -0.25) is 9.59 Å². The summed E-state index contributed by atoms with van der Waals surface area (Å²) in [5.41, 5.74) is 0. The van der Waals surface area contributed by atoms with E-state index in [1.807, 2.05) is 6.92 Å².